The van der Waals surface area contributed by atoms with Crippen molar-refractivity contribution < 1.29 is 48.0 Å². The minimum Gasteiger partial charge on any atom is -0.466 e. The third-order valence-corrected chi connectivity index (χ3v) is 5.79. The Morgan fingerprint density at radius 3 is 2.08 bits per heavy atom. The number of benzene rings is 1. The van der Waals surface area contributed by atoms with Crippen molar-refractivity contribution in [3.8, 4) is 0 Å². The van der Waals surface area contributed by atoms with Crippen LogP contribution in [-0.4, -0.2) is 65.9 Å². The Labute approximate surface area is 229 Å². The van der Waals surface area contributed by atoms with Crippen LogP contribution in [0.2, 0.25) is 0 Å². The molecule has 0 aliphatic rings. The molecule has 1 amide bonds. The van der Waals surface area contributed by atoms with Crippen LogP contribution in [-0.2, 0) is 44.7 Å². The molecule has 218 valence electrons. The highest BCUT2D eigenvalue weighted by molar-refractivity contribution is 5.99. The molecule has 0 fully saturated rings. The van der Waals surface area contributed by atoms with Gasteiger partial charge in [0.15, 0.2) is 17.9 Å². The highest BCUT2D eigenvalue weighted by Gasteiger charge is 2.37. The number of esters is 3. The number of ketones is 1. The van der Waals surface area contributed by atoms with E-state index in [2.05, 4.69) is 5.32 Å². The van der Waals surface area contributed by atoms with E-state index in [1.54, 1.807) is 45.0 Å². The van der Waals surface area contributed by atoms with Gasteiger partial charge in [0.1, 0.15) is 13.0 Å². The van der Waals surface area contributed by atoms with Gasteiger partial charge in [-0.2, -0.15) is 0 Å². The number of aliphatic hydroxyl groups is 1. The Kier molecular flexibility index (Phi) is 14.8. The summed E-state index contributed by atoms with van der Waals surface area (Å²) in [5, 5.41) is 12.4. The first-order valence-corrected chi connectivity index (χ1v) is 13.1. The quantitative estimate of drug-likeness (QED) is 0.178. The maximum absolute atomic E-state index is 13.1. The highest BCUT2D eigenvalue weighted by Crippen LogP contribution is 2.19. The van der Waals surface area contributed by atoms with Gasteiger partial charge in [0.2, 0.25) is 6.10 Å². The SMILES string of the molecule is CCOC(=O)CC(=O)[C@H](CC(C)C)OC(=O)[C@@H](OC(=O)[C@@H](NC(=O)OCc1ccccc1)[C@@H](C)O)[C@@H](C)CC. The fraction of sp³-hybridized carbons (Fsp3) is 0.607. The Morgan fingerprint density at radius 2 is 1.54 bits per heavy atom. The first kappa shape index (κ1) is 33.6. The molecule has 0 aliphatic carbocycles. The Bertz CT molecular complexity index is 947. The van der Waals surface area contributed by atoms with Crippen LogP contribution < -0.4 is 5.32 Å². The molecule has 0 aromatic heterocycles. The lowest BCUT2D eigenvalue weighted by Gasteiger charge is -2.27. The maximum atomic E-state index is 13.1. The molecule has 2 N–H and O–H groups in total. The maximum Gasteiger partial charge on any atom is 0.408 e. The van der Waals surface area contributed by atoms with E-state index < -0.39 is 66.5 Å². The topological polar surface area (TPSA) is 155 Å². The number of hydrogen-bond acceptors (Lipinski definition) is 10. The Morgan fingerprint density at radius 1 is 0.897 bits per heavy atom. The molecule has 0 bridgehead atoms. The summed E-state index contributed by atoms with van der Waals surface area (Å²) in [5.41, 5.74) is 0.719. The lowest BCUT2D eigenvalue weighted by molar-refractivity contribution is -0.179. The molecule has 0 spiro atoms. The number of Topliss-reactive ketones (excluding diaryl/α,β-unsaturated/α-hetero) is 1. The third-order valence-electron chi connectivity index (χ3n) is 5.79. The predicted molar refractivity (Wildman–Crippen MR) is 140 cm³/mol. The number of rotatable bonds is 16. The molecule has 0 unspecified atom stereocenters. The zero-order valence-electron chi connectivity index (χ0n) is 23.5. The van der Waals surface area contributed by atoms with Gasteiger partial charge in [0, 0.05) is 5.92 Å². The summed E-state index contributed by atoms with van der Waals surface area (Å²) in [4.78, 5) is 62.8. The van der Waals surface area contributed by atoms with Gasteiger partial charge < -0.3 is 29.4 Å². The van der Waals surface area contributed by atoms with Crippen molar-refractivity contribution in [2.75, 3.05) is 6.61 Å². The molecule has 1 aromatic rings. The zero-order chi connectivity index (χ0) is 29.5. The number of nitrogens with one attached hydrogen (secondary N) is 1. The van der Waals surface area contributed by atoms with Crippen molar-refractivity contribution in [2.45, 2.75) is 91.8 Å². The van der Waals surface area contributed by atoms with E-state index in [4.69, 9.17) is 18.9 Å². The first-order chi connectivity index (χ1) is 18.4. The van der Waals surface area contributed by atoms with E-state index in [1.165, 1.54) is 6.92 Å². The summed E-state index contributed by atoms with van der Waals surface area (Å²) in [7, 11) is 0. The summed E-state index contributed by atoms with van der Waals surface area (Å²) in [6.45, 7) is 9.97. The Balaban J connectivity index is 2.95. The summed E-state index contributed by atoms with van der Waals surface area (Å²) >= 11 is 0. The highest BCUT2D eigenvalue weighted by atomic mass is 16.6. The Hall–Kier alpha value is -3.47. The van der Waals surface area contributed by atoms with Gasteiger partial charge in [-0.05, 0) is 38.2 Å². The number of ether oxygens (including phenoxy) is 4. The van der Waals surface area contributed by atoms with E-state index in [9.17, 15) is 29.1 Å². The van der Waals surface area contributed by atoms with Crippen molar-refractivity contribution in [2.24, 2.45) is 11.8 Å². The number of amides is 1. The van der Waals surface area contributed by atoms with E-state index in [0.717, 1.165) is 5.56 Å². The van der Waals surface area contributed by atoms with E-state index in [1.807, 2.05) is 19.9 Å². The number of carbonyl (C=O) groups excluding carboxylic acids is 5. The van der Waals surface area contributed by atoms with Gasteiger partial charge in [-0.1, -0.05) is 58.0 Å². The predicted octanol–water partition coefficient (Wildman–Crippen LogP) is 3.10. The summed E-state index contributed by atoms with van der Waals surface area (Å²) in [6, 6.07) is 7.32. The van der Waals surface area contributed by atoms with Gasteiger partial charge >= 0.3 is 24.0 Å². The fourth-order valence-electron chi connectivity index (χ4n) is 3.43. The van der Waals surface area contributed by atoms with Crippen molar-refractivity contribution in [3.63, 3.8) is 0 Å². The zero-order valence-corrected chi connectivity index (χ0v) is 23.5. The van der Waals surface area contributed by atoms with Gasteiger partial charge in [0.25, 0.3) is 0 Å². The second-order valence-corrected chi connectivity index (χ2v) is 9.67. The van der Waals surface area contributed by atoms with Crippen LogP contribution >= 0.6 is 0 Å². The normalized spacial score (nSPS) is 14.8. The van der Waals surface area contributed by atoms with Crippen LogP contribution in [0.1, 0.15) is 66.4 Å². The number of aliphatic hydroxyl groups excluding tert-OH is 1. The molecule has 0 saturated heterocycles. The third kappa shape index (κ3) is 12.3. The van der Waals surface area contributed by atoms with Crippen LogP contribution in [0.4, 0.5) is 4.79 Å². The molecule has 1 rings (SSSR count). The lowest BCUT2D eigenvalue weighted by Crippen LogP contribution is -2.51. The monoisotopic (exact) mass is 551 g/mol. The molecular weight excluding hydrogens is 510 g/mol. The minimum absolute atomic E-state index is 0.0516. The average Bonchev–Trinajstić information content (AvgIpc) is 2.88. The fourth-order valence-corrected chi connectivity index (χ4v) is 3.43. The molecule has 0 radical (unpaired) electrons. The van der Waals surface area contributed by atoms with Gasteiger partial charge in [-0.3, -0.25) is 9.59 Å². The first-order valence-electron chi connectivity index (χ1n) is 13.1. The average molecular weight is 552 g/mol. The number of hydrogen-bond donors (Lipinski definition) is 2. The second kappa shape index (κ2) is 17.2. The summed E-state index contributed by atoms with van der Waals surface area (Å²) in [5.74, 6) is -4.00. The molecule has 1 aromatic carbocycles. The summed E-state index contributed by atoms with van der Waals surface area (Å²) in [6.07, 6.45) is -5.03. The molecule has 5 atom stereocenters. The molecule has 39 heavy (non-hydrogen) atoms. The molecule has 11 nitrogen and oxygen atoms in total. The van der Waals surface area contributed by atoms with Gasteiger partial charge in [-0.25, -0.2) is 14.4 Å². The van der Waals surface area contributed by atoms with Gasteiger partial charge in [0.05, 0.1) is 12.7 Å². The van der Waals surface area contributed by atoms with Gasteiger partial charge in [-0.15, -0.1) is 0 Å². The van der Waals surface area contributed by atoms with Crippen LogP contribution in [0.3, 0.4) is 0 Å². The minimum atomic E-state index is -1.54. The van der Waals surface area contributed by atoms with Crippen molar-refractivity contribution >= 4 is 29.8 Å². The van der Waals surface area contributed by atoms with Crippen LogP contribution in [0.15, 0.2) is 30.3 Å². The lowest BCUT2D eigenvalue weighted by atomic mass is 9.99. The second-order valence-electron chi connectivity index (χ2n) is 9.67. The number of alkyl carbamates (subject to hydrolysis) is 1. The standard InChI is InChI=1S/C28H41NO10/c1-7-18(5)25(27(34)38-22(14-17(3)4)21(31)15-23(32)36-8-2)39-26(33)24(19(6)30)29-28(35)37-16-20-12-10-9-11-13-20/h9-13,17-19,22,24-25,30H,7-8,14-16H2,1-6H3,(H,29,35)/t18-,19+,22-,24-,25-/m0/s1. The largest absolute Gasteiger partial charge is 0.466 e. The van der Waals surface area contributed by atoms with Crippen molar-refractivity contribution in [1.29, 1.82) is 0 Å². The van der Waals surface area contributed by atoms with E-state index >= 15 is 0 Å². The summed E-state index contributed by atoms with van der Waals surface area (Å²) < 4.78 is 20.8. The van der Waals surface area contributed by atoms with E-state index in [0.29, 0.717) is 6.42 Å². The van der Waals surface area contributed by atoms with Crippen molar-refractivity contribution in [1.82, 2.24) is 5.32 Å². The van der Waals surface area contributed by atoms with Crippen LogP contribution in [0.5, 0.6) is 0 Å². The van der Waals surface area contributed by atoms with Crippen molar-refractivity contribution in [3.05, 3.63) is 35.9 Å². The number of carbonyl (C=O) groups is 5. The molecule has 0 saturated carbocycles. The molecule has 0 aliphatic heterocycles. The van der Waals surface area contributed by atoms with Crippen LogP contribution in [0.25, 0.3) is 0 Å². The molecule has 0 heterocycles. The van der Waals surface area contributed by atoms with Crippen LogP contribution in [0, 0.1) is 11.8 Å². The van der Waals surface area contributed by atoms with E-state index in [-0.39, 0.29) is 25.6 Å². The smallest absolute Gasteiger partial charge is 0.408 e. The molecular formula is C28H41NO10. The molecule has 11 heteroatoms.